The minimum absolute atomic E-state index is 0.224. The van der Waals surface area contributed by atoms with Crippen molar-refractivity contribution in [1.82, 2.24) is 0 Å². The van der Waals surface area contributed by atoms with E-state index in [2.05, 4.69) is 18.2 Å². The molecule has 1 aliphatic rings. The Morgan fingerprint density at radius 3 is 2.45 bits per heavy atom. The van der Waals surface area contributed by atoms with E-state index in [1.165, 1.54) is 29.5 Å². The number of aromatic hydroxyl groups is 1. The van der Waals surface area contributed by atoms with Gasteiger partial charge in [-0.05, 0) is 60.6 Å². The standard InChI is InChI=1S/C18H20O2/c1-18(20,16-7-9-17(19)10-8-16)12-13-5-6-14-3-2-4-15(14)11-13/h5-11,19-20H,2-4,12H2,1H3. The van der Waals surface area contributed by atoms with Crippen LogP contribution in [0.25, 0.3) is 0 Å². The molecule has 0 saturated carbocycles. The van der Waals surface area contributed by atoms with Crippen molar-refractivity contribution in [2.24, 2.45) is 0 Å². The molecule has 2 heteroatoms. The van der Waals surface area contributed by atoms with Crippen LogP contribution in [0.4, 0.5) is 0 Å². The molecule has 1 atom stereocenters. The molecule has 20 heavy (non-hydrogen) atoms. The van der Waals surface area contributed by atoms with Gasteiger partial charge in [0.05, 0.1) is 5.60 Å². The third-order valence-corrected chi connectivity index (χ3v) is 4.20. The van der Waals surface area contributed by atoms with E-state index in [1.807, 2.05) is 6.92 Å². The number of aliphatic hydroxyl groups is 1. The first kappa shape index (κ1) is 13.2. The molecule has 0 bridgehead atoms. The molecular formula is C18H20O2. The number of rotatable bonds is 3. The third kappa shape index (κ3) is 2.56. The van der Waals surface area contributed by atoms with Crippen molar-refractivity contribution >= 4 is 0 Å². The van der Waals surface area contributed by atoms with Crippen molar-refractivity contribution in [3.8, 4) is 5.75 Å². The quantitative estimate of drug-likeness (QED) is 0.896. The van der Waals surface area contributed by atoms with Gasteiger partial charge in [0.2, 0.25) is 0 Å². The summed E-state index contributed by atoms with van der Waals surface area (Å²) in [6.07, 6.45) is 4.17. The van der Waals surface area contributed by atoms with Crippen molar-refractivity contribution in [2.75, 3.05) is 0 Å². The lowest BCUT2D eigenvalue weighted by Gasteiger charge is -2.24. The lowest BCUT2D eigenvalue weighted by molar-refractivity contribution is 0.0576. The maximum absolute atomic E-state index is 10.7. The smallest absolute Gasteiger partial charge is 0.115 e. The Kier molecular flexibility index (Phi) is 3.27. The van der Waals surface area contributed by atoms with Gasteiger partial charge in [-0.2, -0.15) is 0 Å². The highest BCUT2D eigenvalue weighted by molar-refractivity contribution is 5.37. The largest absolute Gasteiger partial charge is 0.508 e. The van der Waals surface area contributed by atoms with E-state index in [1.54, 1.807) is 24.3 Å². The van der Waals surface area contributed by atoms with Gasteiger partial charge in [-0.3, -0.25) is 0 Å². The summed E-state index contributed by atoms with van der Waals surface area (Å²) in [5.41, 5.74) is 3.97. The zero-order valence-corrected chi connectivity index (χ0v) is 11.8. The van der Waals surface area contributed by atoms with Gasteiger partial charge in [-0.1, -0.05) is 30.3 Å². The number of phenolic OH excluding ortho intramolecular Hbond substituents is 1. The molecule has 104 valence electrons. The molecule has 1 unspecified atom stereocenters. The number of hydrogen-bond acceptors (Lipinski definition) is 2. The zero-order chi connectivity index (χ0) is 14.2. The lowest BCUT2D eigenvalue weighted by Crippen LogP contribution is -2.24. The highest BCUT2D eigenvalue weighted by Crippen LogP contribution is 2.29. The summed E-state index contributed by atoms with van der Waals surface area (Å²) in [5.74, 6) is 0.224. The Labute approximate surface area is 119 Å². The first-order chi connectivity index (χ1) is 9.54. The molecule has 0 aliphatic heterocycles. The fourth-order valence-electron chi connectivity index (χ4n) is 3.06. The number of benzene rings is 2. The number of aryl methyl sites for hydroxylation is 2. The van der Waals surface area contributed by atoms with Crippen molar-refractivity contribution in [3.63, 3.8) is 0 Å². The molecule has 2 N–H and O–H groups in total. The Hall–Kier alpha value is -1.80. The summed E-state index contributed by atoms with van der Waals surface area (Å²) in [6, 6.07) is 13.4. The molecule has 0 aromatic heterocycles. The average Bonchev–Trinajstić information content (AvgIpc) is 2.86. The fraction of sp³-hybridized carbons (Fsp3) is 0.333. The zero-order valence-electron chi connectivity index (χ0n) is 11.8. The van der Waals surface area contributed by atoms with Gasteiger partial charge in [0, 0.05) is 6.42 Å². The molecule has 0 heterocycles. The second-order valence-corrected chi connectivity index (χ2v) is 5.95. The maximum Gasteiger partial charge on any atom is 0.115 e. The molecule has 0 spiro atoms. The Morgan fingerprint density at radius 1 is 1.00 bits per heavy atom. The molecule has 3 rings (SSSR count). The first-order valence-corrected chi connectivity index (χ1v) is 7.17. The van der Waals surface area contributed by atoms with Gasteiger partial charge < -0.3 is 10.2 Å². The van der Waals surface area contributed by atoms with E-state index in [0.29, 0.717) is 6.42 Å². The predicted octanol–water partition coefficient (Wildman–Crippen LogP) is 3.33. The highest BCUT2D eigenvalue weighted by Gasteiger charge is 2.24. The summed E-state index contributed by atoms with van der Waals surface area (Å²) in [5, 5.41) is 20.0. The number of hydrogen-bond donors (Lipinski definition) is 2. The van der Waals surface area contributed by atoms with E-state index in [-0.39, 0.29) is 5.75 Å². The van der Waals surface area contributed by atoms with Crippen LogP contribution in [-0.2, 0) is 24.9 Å². The van der Waals surface area contributed by atoms with Gasteiger partial charge in [-0.15, -0.1) is 0 Å². The molecule has 2 aromatic carbocycles. The predicted molar refractivity (Wildman–Crippen MR) is 79.8 cm³/mol. The normalized spacial score (nSPS) is 16.7. The average molecular weight is 268 g/mol. The highest BCUT2D eigenvalue weighted by atomic mass is 16.3. The Morgan fingerprint density at radius 2 is 1.70 bits per heavy atom. The molecule has 0 fully saturated rings. The van der Waals surface area contributed by atoms with Crippen LogP contribution in [-0.4, -0.2) is 10.2 Å². The van der Waals surface area contributed by atoms with Crippen molar-refractivity contribution < 1.29 is 10.2 Å². The minimum atomic E-state index is -0.916. The van der Waals surface area contributed by atoms with E-state index in [0.717, 1.165) is 12.0 Å². The lowest BCUT2D eigenvalue weighted by atomic mass is 9.88. The Balaban J connectivity index is 1.84. The van der Waals surface area contributed by atoms with Gasteiger partial charge >= 0.3 is 0 Å². The second-order valence-electron chi connectivity index (χ2n) is 5.95. The van der Waals surface area contributed by atoms with Crippen molar-refractivity contribution in [3.05, 3.63) is 64.7 Å². The number of phenols is 1. The van der Waals surface area contributed by atoms with Crippen LogP contribution in [0.15, 0.2) is 42.5 Å². The summed E-state index contributed by atoms with van der Waals surface area (Å²) in [4.78, 5) is 0. The third-order valence-electron chi connectivity index (χ3n) is 4.20. The monoisotopic (exact) mass is 268 g/mol. The number of fused-ring (bicyclic) bond motifs is 1. The molecule has 0 radical (unpaired) electrons. The van der Waals surface area contributed by atoms with Gasteiger partial charge in [0.1, 0.15) is 5.75 Å². The van der Waals surface area contributed by atoms with Crippen molar-refractivity contribution in [2.45, 2.75) is 38.2 Å². The molecule has 0 saturated heterocycles. The topological polar surface area (TPSA) is 40.5 Å². The van der Waals surface area contributed by atoms with Crippen LogP contribution < -0.4 is 0 Å². The first-order valence-electron chi connectivity index (χ1n) is 7.17. The van der Waals surface area contributed by atoms with Gasteiger partial charge in [-0.25, -0.2) is 0 Å². The molecular weight excluding hydrogens is 248 g/mol. The van der Waals surface area contributed by atoms with Crippen LogP contribution in [0.1, 0.15) is 35.6 Å². The Bertz CT molecular complexity index is 612. The van der Waals surface area contributed by atoms with Crippen LogP contribution >= 0.6 is 0 Å². The van der Waals surface area contributed by atoms with Crippen LogP contribution in [0.5, 0.6) is 5.75 Å². The van der Waals surface area contributed by atoms with Gasteiger partial charge in [0.15, 0.2) is 0 Å². The molecule has 2 nitrogen and oxygen atoms in total. The van der Waals surface area contributed by atoms with E-state index in [9.17, 15) is 10.2 Å². The van der Waals surface area contributed by atoms with Gasteiger partial charge in [0.25, 0.3) is 0 Å². The van der Waals surface area contributed by atoms with E-state index < -0.39 is 5.60 Å². The van der Waals surface area contributed by atoms with Crippen molar-refractivity contribution in [1.29, 1.82) is 0 Å². The van der Waals surface area contributed by atoms with E-state index in [4.69, 9.17) is 0 Å². The fourth-order valence-corrected chi connectivity index (χ4v) is 3.06. The maximum atomic E-state index is 10.7. The molecule has 1 aliphatic carbocycles. The van der Waals surface area contributed by atoms with Crippen LogP contribution in [0.2, 0.25) is 0 Å². The summed E-state index contributed by atoms with van der Waals surface area (Å²) < 4.78 is 0. The van der Waals surface area contributed by atoms with Crippen LogP contribution in [0.3, 0.4) is 0 Å². The molecule has 0 amide bonds. The minimum Gasteiger partial charge on any atom is -0.508 e. The second kappa shape index (κ2) is 4.95. The SMILES string of the molecule is CC(O)(Cc1ccc2c(c1)CCC2)c1ccc(O)cc1. The molecule has 2 aromatic rings. The summed E-state index contributed by atoms with van der Waals surface area (Å²) in [7, 11) is 0. The summed E-state index contributed by atoms with van der Waals surface area (Å²) in [6.45, 7) is 1.83. The van der Waals surface area contributed by atoms with E-state index >= 15 is 0 Å². The van der Waals surface area contributed by atoms with Crippen LogP contribution in [0, 0.1) is 0 Å². The summed E-state index contributed by atoms with van der Waals surface area (Å²) >= 11 is 0.